The second-order valence-electron chi connectivity index (χ2n) is 8.00. The minimum absolute atomic E-state index is 0.269. The molecule has 0 fully saturated rings. The lowest BCUT2D eigenvalue weighted by atomic mass is 9.97. The smallest absolute Gasteiger partial charge is 0.336 e. The maximum Gasteiger partial charge on any atom is 0.336 e. The molecule has 0 unspecified atom stereocenters. The molecular weight excluding hydrogens is 366 g/mol. The zero-order valence-corrected chi connectivity index (χ0v) is 16.9. The van der Waals surface area contributed by atoms with E-state index in [1.165, 1.54) is 28.7 Å². The van der Waals surface area contributed by atoms with E-state index in [0.29, 0.717) is 0 Å². The zero-order valence-electron chi connectivity index (χ0n) is 16.9. The molecule has 0 saturated carbocycles. The Morgan fingerprint density at radius 1 is 0.897 bits per heavy atom. The van der Waals surface area contributed by atoms with Gasteiger partial charge in [0, 0.05) is 31.1 Å². The highest BCUT2D eigenvalue weighted by Crippen LogP contribution is 2.34. The van der Waals surface area contributed by atoms with Gasteiger partial charge in [0.2, 0.25) is 0 Å². The van der Waals surface area contributed by atoms with Crippen molar-refractivity contribution < 1.29 is 13.9 Å². The Kier molecular flexibility index (Phi) is 4.55. The number of nitrogens with zero attached hydrogens (tertiary/aromatic N) is 1. The van der Waals surface area contributed by atoms with Crippen LogP contribution in [0.4, 0.5) is 0 Å². The lowest BCUT2D eigenvalue weighted by Gasteiger charge is -2.29. The standard InChI is InChI=1S/C24H25NO4/c1-27-22-10-17-6-7-25(13-18(17)11-23(22)28-2)14-19-12-24(26)29-21-9-16-5-3-4-15(16)8-20(19)21/h8-12H,3-7,13-14H2,1-2H3. The molecule has 1 aliphatic carbocycles. The Bertz CT molecular complexity index is 1150. The normalized spacial score (nSPS) is 15.9. The SMILES string of the molecule is COc1cc2c(cc1OC)CN(Cc1cc(=O)oc3cc4c(cc13)CCC4)CC2. The van der Waals surface area contributed by atoms with Crippen LogP contribution in [0.15, 0.2) is 39.5 Å². The summed E-state index contributed by atoms with van der Waals surface area (Å²) < 4.78 is 16.4. The second-order valence-corrected chi connectivity index (χ2v) is 8.00. The third kappa shape index (κ3) is 3.29. The van der Waals surface area contributed by atoms with Crippen LogP contribution >= 0.6 is 0 Å². The minimum atomic E-state index is -0.269. The predicted molar refractivity (Wildman–Crippen MR) is 112 cm³/mol. The van der Waals surface area contributed by atoms with Crippen molar-refractivity contribution in [3.05, 3.63) is 68.6 Å². The van der Waals surface area contributed by atoms with Gasteiger partial charge < -0.3 is 13.9 Å². The molecule has 2 aromatic carbocycles. The van der Waals surface area contributed by atoms with E-state index in [1.54, 1.807) is 20.3 Å². The number of benzene rings is 2. The highest BCUT2D eigenvalue weighted by atomic mass is 16.5. The van der Waals surface area contributed by atoms with E-state index in [0.717, 1.165) is 66.9 Å². The minimum Gasteiger partial charge on any atom is -0.493 e. The number of aryl methyl sites for hydroxylation is 2. The maximum absolute atomic E-state index is 12.2. The molecule has 29 heavy (non-hydrogen) atoms. The van der Waals surface area contributed by atoms with Crippen LogP contribution in [0.1, 0.15) is 34.2 Å². The Morgan fingerprint density at radius 2 is 1.59 bits per heavy atom. The molecule has 2 aliphatic rings. The van der Waals surface area contributed by atoms with Gasteiger partial charge in [0.25, 0.3) is 0 Å². The number of fused-ring (bicyclic) bond motifs is 3. The van der Waals surface area contributed by atoms with Gasteiger partial charge in [0.05, 0.1) is 14.2 Å². The van der Waals surface area contributed by atoms with Gasteiger partial charge in [0.15, 0.2) is 11.5 Å². The molecule has 0 spiro atoms. The van der Waals surface area contributed by atoms with E-state index < -0.39 is 0 Å². The average molecular weight is 391 g/mol. The molecule has 5 nitrogen and oxygen atoms in total. The first-order chi connectivity index (χ1) is 14.1. The molecule has 0 saturated heterocycles. The Balaban J connectivity index is 1.47. The third-order valence-corrected chi connectivity index (χ3v) is 6.23. The first-order valence-electron chi connectivity index (χ1n) is 10.2. The lowest BCUT2D eigenvalue weighted by molar-refractivity contribution is 0.244. The second kappa shape index (κ2) is 7.23. The van der Waals surface area contributed by atoms with Gasteiger partial charge in [-0.15, -0.1) is 0 Å². The fraction of sp³-hybridized carbons (Fsp3) is 0.375. The van der Waals surface area contributed by atoms with Crippen LogP contribution < -0.4 is 15.1 Å². The van der Waals surface area contributed by atoms with Gasteiger partial charge in [-0.05, 0) is 77.8 Å². The summed E-state index contributed by atoms with van der Waals surface area (Å²) in [6.45, 7) is 2.49. The van der Waals surface area contributed by atoms with Crippen molar-refractivity contribution in [2.24, 2.45) is 0 Å². The molecule has 5 rings (SSSR count). The van der Waals surface area contributed by atoms with Crippen LogP contribution in [-0.4, -0.2) is 25.7 Å². The lowest BCUT2D eigenvalue weighted by Crippen LogP contribution is -2.30. The van der Waals surface area contributed by atoms with Gasteiger partial charge in [-0.3, -0.25) is 4.90 Å². The Morgan fingerprint density at radius 3 is 2.34 bits per heavy atom. The number of ether oxygens (including phenoxy) is 2. The quantitative estimate of drug-likeness (QED) is 0.632. The van der Waals surface area contributed by atoms with E-state index in [9.17, 15) is 4.79 Å². The summed E-state index contributed by atoms with van der Waals surface area (Å²) in [5, 5.41) is 1.07. The number of hydrogen-bond donors (Lipinski definition) is 0. The third-order valence-electron chi connectivity index (χ3n) is 6.23. The Labute approximate surface area is 169 Å². The van der Waals surface area contributed by atoms with Crippen LogP contribution in [0.2, 0.25) is 0 Å². The van der Waals surface area contributed by atoms with E-state index in [4.69, 9.17) is 13.9 Å². The maximum atomic E-state index is 12.2. The van der Waals surface area contributed by atoms with Crippen LogP contribution in [0.5, 0.6) is 11.5 Å². The van der Waals surface area contributed by atoms with Crippen LogP contribution in [0.3, 0.4) is 0 Å². The largest absolute Gasteiger partial charge is 0.493 e. The molecule has 150 valence electrons. The van der Waals surface area contributed by atoms with Crippen molar-refractivity contribution in [3.63, 3.8) is 0 Å². The highest BCUT2D eigenvalue weighted by molar-refractivity contribution is 5.82. The monoisotopic (exact) mass is 391 g/mol. The van der Waals surface area contributed by atoms with Crippen molar-refractivity contribution in [2.75, 3.05) is 20.8 Å². The van der Waals surface area contributed by atoms with Gasteiger partial charge in [-0.25, -0.2) is 4.79 Å². The van der Waals surface area contributed by atoms with Crippen molar-refractivity contribution in [2.45, 2.75) is 38.8 Å². The molecule has 0 amide bonds. The van der Waals surface area contributed by atoms with E-state index in [2.05, 4.69) is 29.2 Å². The Hall–Kier alpha value is -2.79. The molecule has 5 heteroatoms. The fourth-order valence-corrected chi connectivity index (χ4v) is 4.74. The topological polar surface area (TPSA) is 51.9 Å². The fourth-order valence-electron chi connectivity index (χ4n) is 4.74. The number of methoxy groups -OCH3 is 2. The highest BCUT2D eigenvalue weighted by Gasteiger charge is 2.21. The van der Waals surface area contributed by atoms with Gasteiger partial charge >= 0.3 is 5.63 Å². The van der Waals surface area contributed by atoms with Crippen LogP contribution in [0, 0.1) is 0 Å². The molecular formula is C24H25NO4. The molecule has 1 aromatic heterocycles. The first kappa shape index (κ1) is 18.3. The molecule has 3 aromatic rings. The molecule has 2 heterocycles. The van der Waals surface area contributed by atoms with E-state index >= 15 is 0 Å². The van der Waals surface area contributed by atoms with Crippen molar-refractivity contribution in [1.82, 2.24) is 4.90 Å². The van der Waals surface area contributed by atoms with Gasteiger partial charge in [-0.1, -0.05) is 0 Å². The molecule has 0 N–H and O–H groups in total. The summed E-state index contributed by atoms with van der Waals surface area (Å²) in [5.41, 5.74) is 6.77. The predicted octanol–water partition coefficient (Wildman–Crippen LogP) is 3.86. The average Bonchev–Trinajstić information content (AvgIpc) is 3.18. The summed E-state index contributed by atoms with van der Waals surface area (Å²) in [5.74, 6) is 1.54. The van der Waals surface area contributed by atoms with Crippen molar-refractivity contribution >= 4 is 11.0 Å². The van der Waals surface area contributed by atoms with Gasteiger partial charge in [-0.2, -0.15) is 0 Å². The zero-order chi connectivity index (χ0) is 20.0. The number of hydrogen-bond acceptors (Lipinski definition) is 5. The van der Waals surface area contributed by atoms with Crippen LogP contribution in [0.25, 0.3) is 11.0 Å². The summed E-state index contributed by atoms with van der Waals surface area (Å²) in [7, 11) is 3.33. The number of rotatable bonds is 4. The summed E-state index contributed by atoms with van der Waals surface area (Å²) >= 11 is 0. The molecule has 0 radical (unpaired) electrons. The summed E-state index contributed by atoms with van der Waals surface area (Å²) in [6, 6.07) is 10.1. The molecule has 0 atom stereocenters. The van der Waals surface area contributed by atoms with Crippen LogP contribution in [-0.2, 0) is 32.4 Å². The summed E-state index contributed by atoms with van der Waals surface area (Å²) in [4.78, 5) is 14.6. The molecule has 1 aliphatic heterocycles. The van der Waals surface area contributed by atoms with Crippen molar-refractivity contribution in [1.29, 1.82) is 0 Å². The van der Waals surface area contributed by atoms with E-state index in [1.807, 2.05) is 0 Å². The van der Waals surface area contributed by atoms with Gasteiger partial charge in [0.1, 0.15) is 5.58 Å². The molecule has 0 bridgehead atoms. The van der Waals surface area contributed by atoms with Crippen molar-refractivity contribution in [3.8, 4) is 11.5 Å². The van der Waals surface area contributed by atoms with E-state index in [-0.39, 0.29) is 5.63 Å². The summed E-state index contributed by atoms with van der Waals surface area (Å²) in [6.07, 6.45) is 4.32. The first-order valence-corrected chi connectivity index (χ1v) is 10.2.